The van der Waals surface area contributed by atoms with Crippen LogP contribution in [-0.2, 0) is 22.4 Å². The van der Waals surface area contributed by atoms with E-state index in [1.165, 1.54) is 6.08 Å². The van der Waals surface area contributed by atoms with Crippen molar-refractivity contribution in [3.8, 4) is 5.75 Å². The fourth-order valence-electron chi connectivity index (χ4n) is 2.69. The maximum atomic E-state index is 12.1. The summed E-state index contributed by atoms with van der Waals surface area (Å²) in [7, 11) is 0. The van der Waals surface area contributed by atoms with E-state index in [9.17, 15) is 9.59 Å². The van der Waals surface area contributed by atoms with Crippen molar-refractivity contribution in [1.82, 2.24) is 0 Å². The largest absolute Gasteiger partial charge is 0.493 e. The SMILES string of the molecule is C=CC(=O)Nc1ccc(CCC(=O)Nc2ccc3c(c2)CCO3)cc1. The average Bonchev–Trinajstić information content (AvgIpc) is 3.09. The molecule has 2 N–H and O–H groups in total. The number of anilines is 2. The zero-order valence-electron chi connectivity index (χ0n) is 13.9. The first-order valence-electron chi connectivity index (χ1n) is 8.22. The van der Waals surface area contributed by atoms with Crippen molar-refractivity contribution < 1.29 is 14.3 Å². The zero-order chi connectivity index (χ0) is 17.6. The smallest absolute Gasteiger partial charge is 0.247 e. The minimum Gasteiger partial charge on any atom is -0.493 e. The van der Waals surface area contributed by atoms with Gasteiger partial charge in [0.25, 0.3) is 0 Å². The van der Waals surface area contributed by atoms with Gasteiger partial charge in [0.2, 0.25) is 11.8 Å². The fourth-order valence-corrected chi connectivity index (χ4v) is 2.69. The summed E-state index contributed by atoms with van der Waals surface area (Å²) in [5.41, 5.74) is 3.68. The molecule has 2 amide bonds. The average molecular weight is 336 g/mol. The summed E-state index contributed by atoms with van der Waals surface area (Å²) in [5.74, 6) is 0.636. The van der Waals surface area contributed by atoms with Gasteiger partial charge in [0.15, 0.2) is 0 Å². The molecule has 5 nitrogen and oxygen atoms in total. The molecule has 3 rings (SSSR count). The van der Waals surface area contributed by atoms with Crippen molar-refractivity contribution in [3.63, 3.8) is 0 Å². The Morgan fingerprint density at radius 1 is 1.08 bits per heavy atom. The van der Waals surface area contributed by atoms with Crippen LogP contribution in [0.1, 0.15) is 17.5 Å². The van der Waals surface area contributed by atoms with Crippen molar-refractivity contribution in [2.24, 2.45) is 0 Å². The molecule has 1 heterocycles. The Kier molecular flexibility index (Phi) is 5.14. The van der Waals surface area contributed by atoms with E-state index < -0.39 is 0 Å². The number of hydrogen-bond acceptors (Lipinski definition) is 3. The van der Waals surface area contributed by atoms with E-state index in [-0.39, 0.29) is 11.8 Å². The van der Waals surface area contributed by atoms with Gasteiger partial charge in [-0.3, -0.25) is 9.59 Å². The van der Waals surface area contributed by atoms with Gasteiger partial charge < -0.3 is 15.4 Å². The molecule has 0 fully saturated rings. The number of carbonyl (C=O) groups excluding carboxylic acids is 2. The summed E-state index contributed by atoms with van der Waals surface area (Å²) in [6, 6.07) is 13.2. The first-order valence-corrected chi connectivity index (χ1v) is 8.22. The minimum absolute atomic E-state index is 0.0251. The molecule has 1 aliphatic heterocycles. The Balaban J connectivity index is 1.50. The van der Waals surface area contributed by atoms with Gasteiger partial charge in [-0.2, -0.15) is 0 Å². The van der Waals surface area contributed by atoms with Gasteiger partial charge in [-0.1, -0.05) is 18.7 Å². The van der Waals surface area contributed by atoms with Gasteiger partial charge in [0.1, 0.15) is 5.75 Å². The lowest BCUT2D eigenvalue weighted by atomic mass is 10.1. The number of amides is 2. The number of rotatable bonds is 6. The van der Waals surface area contributed by atoms with E-state index in [0.29, 0.717) is 25.1 Å². The summed E-state index contributed by atoms with van der Waals surface area (Å²) in [6.07, 6.45) is 3.14. The second-order valence-corrected chi connectivity index (χ2v) is 5.86. The number of nitrogens with one attached hydrogen (secondary N) is 2. The summed E-state index contributed by atoms with van der Waals surface area (Å²) >= 11 is 0. The summed E-state index contributed by atoms with van der Waals surface area (Å²) < 4.78 is 5.46. The topological polar surface area (TPSA) is 67.4 Å². The highest BCUT2D eigenvalue weighted by atomic mass is 16.5. The summed E-state index contributed by atoms with van der Waals surface area (Å²) in [6.45, 7) is 4.12. The third kappa shape index (κ3) is 4.47. The van der Waals surface area contributed by atoms with Crippen LogP contribution in [0.3, 0.4) is 0 Å². The summed E-state index contributed by atoms with van der Waals surface area (Å²) in [5, 5.41) is 5.61. The molecule has 0 radical (unpaired) electrons. The molecular formula is C20H20N2O3. The molecule has 0 aromatic heterocycles. The molecule has 128 valence electrons. The maximum Gasteiger partial charge on any atom is 0.247 e. The highest BCUT2D eigenvalue weighted by Crippen LogP contribution is 2.27. The molecular weight excluding hydrogens is 316 g/mol. The van der Waals surface area contributed by atoms with Gasteiger partial charge in [0, 0.05) is 24.2 Å². The predicted octanol–water partition coefficient (Wildman–Crippen LogP) is 3.32. The highest BCUT2D eigenvalue weighted by molar-refractivity contribution is 5.98. The Bertz CT molecular complexity index is 797. The number of hydrogen-bond donors (Lipinski definition) is 2. The van der Waals surface area contributed by atoms with Crippen molar-refractivity contribution in [2.45, 2.75) is 19.3 Å². The van der Waals surface area contributed by atoms with Gasteiger partial charge >= 0.3 is 0 Å². The monoisotopic (exact) mass is 336 g/mol. The standard InChI is InChI=1S/C20H20N2O3/c1-2-19(23)21-16-6-3-14(4-7-16)5-10-20(24)22-17-8-9-18-15(13-17)11-12-25-18/h2-4,6-9,13H,1,5,10-12H2,(H,21,23)(H,22,24). The lowest BCUT2D eigenvalue weighted by molar-refractivity contribution is -0.116. The van der Waals surface area contributed by atoms with E-state index in [0.717, 1.165) is 29.0 Å². The third-order valence-corrected chi connectivity index (χ3v) is 4.02. The van der Waals surface area contributed by atoms with E-state index in [4.69, 9.17) is 4.74 Å². The molecule has 0 atom stereocenters. The van der Waals surface area contributed by atoms with Crippen molar-refractivity contribution in [3.05, 3.63) is 66.2 Å². The molecule has 25 heavy (non-hydrogen) atoms. The van der Waals surface area contributed by atoms with Crippen LogP contribution in [0.5, 0.6) is 5.75 Å². The Morgan fingerprint density at radius 2 is 1.84 bits per heavy atom. The molecule has 2 aromatic carbocycles. The predicted molar refractivity (Wildman–Crippen MR) is 97.9 cm³/mol. The molecule has 2 aromatic rings. The quantitative estimate of drug-likeness (QED) is 0.795. The van der Waals surface area contributed by atoms with E-state index in [1.54, 1.807) is 0 Å². The second kappa shape index (κ2) is 7.66. The van der Waals surface area contributed by atoms with Crippen LogP contribution < -0.4 is 15.4 Å². The molecule has 0 spiro atoms. The zero-order valence-corrected chi connectivity index (χ0v) is 13.9. The molecule has 0 saturated carbocycles. The normalized spacial score (nSPS) is 12.0. The number of aryl methyl sites for hydroxylation is 1. The fraction of sp³-hybridized carbons (Fsp3) is 0.200. The van der Waals surface area contributed by atoms with Crippen LogP contribution in [0.25, 0.3) is 0 Å². The highest BCUT2D eigenvalue weighted by Gasteiger charge is 2.13. The van der Waals surface area contributed by atoms with Gasteiger partial charge in [-0.15, -0.1) is 0 Å². The number of ether oxygens (including phenoxy) is 1. The first-order chi connectivity index (χ1) is 12.1. The number of fused-ring (bicyclic) bond motifs is 1. The molecule has 0 saturated heterocycles. The number of carbonyl (C=O) groups is 2. The van der Waals surface area contributed by atoms with Gasteiger partial charge in [0.05, 0.1) is 6.61 Å². The van der Waals surface area contributed by atoms with E-state index >= 15 is 0 Å². The van der Waals surface area contributed by atoms with Crippen LogP contribution in [-0.4, -0.2) is 18.4 Å². The first kappa shape index (κ1) is 16.8. The number of benzene rings is 2. The van der Waals surface area contributed by atoms with Crippen LogP contribution in [0.15, 0.2) is 55.1 Å². The van der Waals surface area contributed by atoms with E-state index in [1.807, 2.05) is 42.5 Å². The molecule has 0 aliphatic carbocycles. The van der Waals surface area contributed by atoms with Crippen LogP contribution in [0.2, 0.25) is 0 Å². The van der Waals surface area contributed by atoms with Crippen LogP contribution in [0.4, 0.5) is 11.4 Å². The third-order valence-electron chi connectivity index (χ3n) is 4.02. The van der Waals surface area contributed by atoms with Crippen molar-refractivity contribution in [2.75, 3.05) is 17.2 Å². The maximum absolute atomic E-state index is 12.1. The second-order valence-electron chi connectivity index (χ2n) is 5.86. The molecule has 1 aliphatic rings. The molecule has 5 heteroatoms. The van der Waals surface area contributed by atoms with Crippen LogP contribution in [0, 0.1) is 0 Å². The Morgan fingerprint density at radius 3 is 2.60 bits per heavy atom. The van der Waals surface area contributed by atoms with Crippen molar-refractivity contribution in [1.29, 1.82) is 0 Å². The lowest BCUT2D eigenvalue weighted by Gasteiger charge is -2.08. The Labute approximate surface area is 146 Å². The Hall–Kier alpha value is -3.08. The summed E-state index contributed by atoms with van der Waals surface area (Å²) in [4.78, 5) is 23.4. The van der Waals surface area contributed by atoms with Crippen LogP contribution >= 0.6 is 0 Å². The van der Waals surface area contributed by atoms with Crippen molar-refractivity contribution >= 4 is 23.2 Å². The van der Waals surface area contributed by atoms with Gasteiger partial charge in [-0.25, -0.2) is 0 Å². The van der Waals surface area contributed by atoms with E-state index in [2.05, 4.69) is 17.2 Å². The van der Waals surface area contributed by atoms with Gasteiger partial charge in [-0.05, 0) is 54.0 Å². The molecule has 0 bridgehead atoms. The minimum atomic E-state index is -0.244. The molecule has 0 unspecified atom stereocenters. The lowest BCUT2D eigenvalue weighted by Crippen LogP contribution is -2.12.